The van der Waals surface area contributed by atoms with Gasteiger partial charge in [0.25, 0.3) is 10.0 Å². The molecular weight excluding hydrogens is 549 g/mol. The fraction of sp³-hybridized carbons (Fsp3) is 0.259. The molecule has 0 aliphatic carbocycles. The van der Waals surface area contributed by atoms with Crippen LogP contribution < -0.4 is 19.1 Å². The van der Waals surface area contributed by atoms with E-state index in [9.17, 15) is 22.4 Å². The topological polar surface area (TPSA) is 105 Å². The molecule has 1 N–H and O–H groups in total. The van der Waals surface area contributed by atoms with Gasteiger partial charge in [-0.25, -0.2) is 12.8 Å². The molecule has 0 radical (unpaired) electrons. The third kappa shape index (κ3) is 6.98. The smallest absolute Gasteiger partial charge is 0.264 e. The summed E-state index contributed by atoms with van der Waals surface area (Å²) >= 11 is 5.98. The van der Waals surface area contributed by atoms with Crippen LogP contribution in [-0.4, -0.2) is 59.0 Å². The van der Waals surface area contributed by atoms with Crippen molar-refractivity contribution in [2.45, 2.75) is 24.4 Å². The van der Waals surface area contributed by atoms with Crippen molar-refractivity contribution in [3.63, 3.8) is 0 Å². The van der Waals surface area contributed by atoms with Crippen molar-refractivity contribution < 1.29 is 31.9 Å². The summed E-state index contributed by atoms with van der Waals surface area (Å²) in [6, 6.07) is 14.5. The van der Waals surface area contributed by atoms with Crippen LogP contribution >= 0.6 is 11.6 Å². The maximum Gasteiger partial charge on any atom is 0.264 e. The van der Waals surface area contributed by atoms with Crippen molar-refractivity contribution in [1.29, 1.82) is 0 Å². The molecule has 0 aromatic heterocycles. The third-order valence-electron chi connectivity index (χ3n) is 6.02. The minimum atomic E-state index is -4.37. The molecule has 3 rings (SSSR count). The maximum absolute atomic E-state index is 13.9. The molecule has 9 nitrogen and oxygen atoms in total. The highest BCUT2D eigenvalue weighted by Gasteiger charge is 2.33. The average Bonchev–Trinajstić information content (AvgIpc) is 2.94. The molecular formula is C27H29ClFN3O6S. The van der Waals surface area contributed by atoms with Crippen molar-refractivity contribution in [2.75, 3.05) is 32.1 Å². The van der Waals surface area contributed by atoms with E-state index >= 15 is 0 Å². The van der Waals surface area contributed by atoms with Crippen LogP contribution in [0.2, 0.25) is 5.02 Å². The largest absolute Gasteiger partial charge is 0.493 e. The van der Waals surface area contributed by atoms with E-state index in [1.165, 1.54) is 63.4 Å². The van der Waals surface area contributed by atoms with Crippen molar-refractivity contribution in [3.8, 4) is 11.5 Å². The predicted octanol–water partition coefficient (Wildman–Crippen LogP) is 3.85. The Morgan fingerprint density at radius 1 is 0.974 bits per heavy atom. The van der Waals surface area contributed by atoms with E-state index in [4.69, 9.17) is 21.1 Å². The summed E-state index contributed by atoms with van der Waals surface area (Å²) in [5.41, 5.74) is 0.734. The molecule has 0 unspecified atom stereocenters. The number of nitrogens with zero attached hydrogens (tertiary/aromatic N) is 2. The molecule has 0 saturated heterocycles. The lowest BCUT2D eigenvalue weighted by Crippen LogP contribution is -2.50. The second-order valence-electron chi connectivity index (χ2n) is 8.44. The summed E-state index contributed by atoms with van der Waals surface area (Å²) < 4.78 is 52.8. The first kappa shape index (κ1) is 29.7. The van der Waals surface area contributed by atoms with E-state index in [0.717, 1.165) is 16.4 Å². The first-order valence-electron chi connectivity index (χ1n) is 11.8. The van der Waals surface area contributed by atoms with Gasteiger partial charge in [-0.2, -0.15) is 0 Å². The lowest BCUT2D eigenvalue weighted by atomic mass is 10.1. The Kier molecular flexibility index (Phi) is 9.76. The molecule has 0 bridgehead atoms. The van der Waals surface area contributed by atoms with Gasteiger partial charge >= 0.3 is 0 Å². The fourth-order valence-corrected chi connectivity index (χ4v) is 5.37. The highest BCUT2D eigenvalue weighted by atomic mass is 35.5. The number of methoxy groups -OCH3 is 2. The van der Waals surface area contributed by atoms with E-state index in [2.05, 4.69) is 5.32 Å². The van der Waals surface area contributed by atoms with Crippen molar-refractivity contribution in [1.82, 2.24) is 10.2 Å². The highest BCUT2D eigenvalue weighted by molar-refractivity contribution is 7.92. The average molecular weight is 578 g/mol. The van der Waals surface area contributed by atoms with Gasteiger partial charge in [0, 0.05) is 24.7 Å². The lowest BCUT2D eigenvalue weighted by Gasteiger charge is -2.31. The summed E-state index contributed by atoms with van der Waals surface area (Å²) in [5, 5.41) is 3.01. The molecule has 1 atom stereocenters. The number of rotatable bonds is 11. The molecule has 0 heterocycles. The fourth-order valence-electron chi connectivity index (χ4n) is 3.82. The van der Waals surface area contributed by atoms with Crippen LogP contribution in [0.15, 0.2) is 71.6 Å². The zero-order valence-electron chi connectivity index (χ0n) is 21.9. The number of nitrogens with one attached hydrogen (secondary N) is 1. The van der Waals surface area contributed by atoms with Gasteiger partial charge in [-0.3, -0.25) is 13.9 Å². The minimum Gasteiger partial charge on any atom is -0.493 e. The number of amides is 2. The molecule has 0 fully saturated rings. The number of sulfonamides is 1. The van der Waals surface area contributed by atoms with Crippen LogP contribution in [-0.2, 0) is 26.2 Å². The lowest BCUT2D eigenvalue weighted by molar-refractivity contribution is -0.139. The van der Waals surface area contributed by atoms with Gasteiger partial charge in [0.1, 0.15) is 18.4 Å². The molecule has 0 aliphatic heterocycles. The Morgan fingerprint density at radius 3 is 2.15 bits per heavy atom. The molecule has 0 spiro atoms. The Morgan fingerprint density at radius 2 is 1.59 bits per heavy atom. The SMILES string of the molecule is CNC(=O)[C@H](C)N(Cc1ccc(Cl)cc1)C(=O)CN(c1ccc(F)cc1)S(=O)(=O)c1ccc(OC)c(OC)c1. The predicted molar refractivity (Wildman–Crippen MR) is 146 cm³/mol. The summed E-state index contributed by atoms with van der Waals surface area (Å²) in [6.45, 7) is 0.882. The molecule has 12 heteroatoms. The standard InChI is InChI=1S/C27H29ClFN3O6S/c1-18(27(34)30-2)31(16-19-5-7-20(28)8-6-19)26(33)17-32(22-11-9-21(29)10-12-22)39(35,36)23-13-14-24(37-3)25(15-23)38-4/h5-15,18H,16-17H2,1-4H3,(H,30,34)/t18-/m0/s1. The Bertz CT molecular complexity index is 1420. The number of likely N-dealkylation sites (N-methyl/N-ethyl adjacent to an activating group) is 1. The Labute approximate surface area is 232 Å². The second kappa shape index (κ2) is 12.8. The summed E-state index contributed by atoms with van der Waals surface area (Å²) in [5.74, 6) is -1.19. The second-order valence-corrected chi connectivity index (χ2v) is 10.7. The van der Waals surface area contributed by atoms with Gasteiger partial charge in [-0.1, -0.05) is 23.7 Å². The number of hydrogen-bond acceptors (Lipinski definition) is 6. The van der Waals surface area contributed by atoms with Gasteiger partial charge < -0.3 is 19.7 Å². The molecule has 0 saturated carbocycles. The number of carbonyl (C=O) groups is 2. The van der Waals surface area contributed by atoms with Crippen molar-refractivity contribution >= 4 is 39.1 Å². The van der Waals surface area contributed by atoms with Gasteiger partial charge in [-0.15, -0.1) is 0 Å². The molecule has 0 aliphatic rings. The minimum absolute atomic E-state index is 0.0122. The summed E-state index contributed by atoms with van der Waals surface area (Å²) in [4.78, 5) is 27.3. The van der Waals surface area contributed by atoms with Crippen LogP contribution in [0.5, 0.6) is 11.5 Å². The van der Waals surface area contributed by atoms with Crippen molar-refractivity contribution in [3.05, 3.63) is 83.1 Å². The summed E-state index contributed by atoms with van der Waals surface area (Å²) in [6.07, 6.45) is 0. The van der Waals surface area contributed by atoms with Crippen LogP contribution in [0.4, 0.5) is 10.1 Å². The molecule has 2 amide bonds. The monoisotopic (exact) mass is 577 g/mol. The van der Waals surface area contributed by atoms with Gasteiger partial charge in [0.15, 0.2) is 11.5 Å². The zero-order chi connectivity index (χ0) is 28.7. The maximum atomic E-state index is 13.9. The first-order chi connectivity index (χ1) is 18.5. The van der Waals surface area contributed by atoms with Gasteiger partial charge in [-0.05, 0) is 61.0 Å². The van der Waals surface area contributed by atoms with E-state index in [-0.39, 0.29) is 22.9 Å². The first-order valence-corrected chi connectivity index (χ1v) is 13.6. The van der Waals surface area contributed by atoms with E-state index < -0.39 is 40.2 Å². The molecule has 3 aromatic rings. The van der Waals surface area contributed by atoms with Crippen molar-refractivity contribution in [2.24, 2.45) is 0 Å². The number of hydrogen-bond donors (Lipinski definition) is 1. The van der Waals surface area contributed by atoms with Crippen LogP contribution in [0.25, 0.3) is 0 Å². The highest BCUT2D eigenvalue weighted by Crippen LogP contribution is 2.32. The Hall–Kier alpha value is -3.83. The van der Waals surface area contributed by atoms with Crippen LogP contribution in [0.3, 0.4) is 0 Å². The number of anilines is 1. The van der Waals surface area contributed by atoms with E-state index in [1.807, 2.05) is 0 Å². The molecule has 208 valence electrons. The van der Waals surface area contributed by atoms with E-state index in [1.54, 1.807) is 24.3 Å². The molecule has 3 aromatic carbocycles. The van der Waals surface area contributed by atoms with E-state index in [0.29, 0.717) is 16.3 Å². The quantitative estimate of drug-likeness (QED) is 0.371. The number of benzene rings is 3. The summed E-state index contributed by atoms with van der Waals surface area (Å²) in [7, 11) is -0.152. The normalized spacial score (nSPS) is 11.8. The zero-order valence-corrected chi connectivity index (χ0v) is 23.4. The Balaban J connectivity index is 2.06. The van der Waals surface area contributed by atoms with Gasteiger partial charge in [0.2, 0.25) is 11.8 Å². The number of ether oxygens (including phenoxy) is 2. The molecule has 39 heavy (non-hydrogen) atoms. The number of halogens is 2. The third-order valence-corrected chi connectivity index (χ3v) is 8.04. The van der Waals surface area contributed by atoms with Crippen LogP contribution in [0.1, 0.15) is 12.5 Å². The number of carbonyl (C=O) groups excluding carboxylic acids is 2. The van der Waals surface area contributed by atoms with Gasteiger partial charge in [0.05, 0.1) is 24.8 Å². The van der Waals surface area contributed by atoms with Crippen LogP contribution in [0, 0.1) is 5.82 Å².